The number of aryl methyl sites for hydroxylation is 1. The Bertz CT molecular complexity index is 363. The van der Waals surface area contributed by atoms with Crippen molar-refractivity contribution in [2.45, 2.75) is 39.3 Å². The molecule has 0 amide bonds. The largest absolute Gasteiger partial charge is 0.455 e. The highest BCUT2D eigenvalue weighted by atomic mass is 19.4. The van der Waals surface area contributed by atoms with E-state index < -0.39 is 12.0 Å². The van der Waals surface area contributed by atoms with Gasteiger partial charge in [-0.05, 0) is 31.2 Å². The van der Waals surface area contributed by atoms with Gasteiger partial charge in [-0.25, -0.2) is 0 Å². The summed E-state index contributed by atoms with van der Waals surface area (Å²) in [6.07, 6.45) is -2.64. The van der Waals surface area contributed by atoms with Crippen molar-refractivity contribution in [2.24, 2.45) is 17.6 Å². The van der Waals surface area contributed by atoms with Crippen LogP contribution in [0.15, 0.2) is 4.52 Å². The molecule has 1 atom stereocenters. The lowest BCUT2D eigenvalue weighted by Crippen LogP contribution is -2.15. The highest BCUT2D eigenvalue weighted by molar-refractivity contribution is 4.91. The molecule has 0 aromatic carbocycles. The van der Waals surface area contributed by atoms with Crippen LogP contribution in [0.3, 0.4) is 0 Å². The first-order valence-corrected chi connectivity index (χ1v) is 5.94. The third kappa shape index (κ3) is 4.29. The van der Waals surface area contributed by atoms with Gasteiger partial charge in [-0.1, -0.05) is 19.0 Å². The molecule has 4 nitrogen and oxygen atoms in total. The molecular formula is C11H18F3N3O. The second-order valence-electron chi connectivity index (χ2n) is 4.63. The molecule has 0 saturated carbocycles. The summed E-state index contributed by atoms with van der Waals surface area (Å²) >= 11 is 0. The average Bonchev–Trinajstić information content (AvgIpc) is 2.71. The maximum Gasteiger partial charge on any atom is 0.455 e. The smallest absolute Gasteiger partial charge is 0.339 e. The van der Waals surface area contributed by atoms with Gasteiger partial charge in [-0.3, -0.25) is 0 Å². The van der Waals surface area contributed by atoms with Crippen molar-refractivity contribution in [2.75, 3.05) is 6.54 Å². The molecule has 0 aliphatic rings. The second kappa shape index (κ2) is 6.17. The molecule has 2 N–H and O–H groups in total. The summed E-state index contributed by atoms with van der Waals surface area (Å²) < 4.78 is 41.3. The van der Waals surface area contributed by atoms with Crippen LogP contribution >= 0.6 is 0 Å². The lowest BCUT2D eigenvalue weighted by atomic mass is 9.88. The molecule has 0 bridgehead atoms. The van der Waals surface area contributed by atoms with E-state index >= 15 is 0 Å². The Kier molecular flexibility index (Phi) is 5.13. The normalized spacial score (nSPS) is 14.2. The van der Waals surface area contributed by atoms with Crippen molar-refractivity contribution < 1.29 is 17.7 Å². The van der Waals surface area contributed by atoms with Crippen LogP contribution in [0.5, 0.6) is 0 Å². The van der Waals surface area contributed by atoms with Gasteiger partial charge in [0.05, 0.1) is 0 Å². The predicted octanol–water partition coefficient (Wildman–Crippen LogP) is 2.64. The first-order chi connectivity index (χ1) is 8.34. The summed E-state index contributed by atoms with van der Waals surface area (Å²) in [7, 11) is 0. The van der Waals surface area contributed by atoms with Crippen LogP contribution < -0.4 is 5.73 Å². The lowest BCUT2D eigenvalue weighted by Gasteiger charge is -2.18. The first kappa shape index (κ1) is 14.9. The van der Waals surface area contributed by atoms with Crippen LogP contribution in [0.25, 0.3) is 0 Å². The van der Waals surface area contributed by atoms with Crippen molar-refractivity contribution in [1.29, 1.82) is 0 Å². The Labute approximate surface area is 104 Å². The fourth-order valence-electron chi connectivity index (χ4n) is 1.81. The van der Waals surface area contributed by atoms with Crippen molar-refractivity contribution in [1.82, 2.24) is 10.1 Å². The number of nitrogens with two attached hydrogens (primary N) is 1. The van der Waals surface area contributed by atoms with Gasteiger partial charge < -0.3 is 10.3 Å². The third-order valence-electron chi connectivity index (χ3n) is 2.93. The van der Waals surface area contributed by atoms with Crippen LogP contribution in [0.1, 0.15) is 38.4 Å². The van der Waals surface area contributed by atoms with Crippen LogP contribution in [0.4, 0.5) is 13.2 Å². The lowest BCUT2D eigenvalue weighted by molar-refractivity contribution is -0.146. The Balaban J connectivity index is 2.55. The van der Waals surface area contributed by atoms with Crippen molar-refractivity contribution in [3.63, 3.8) is 0 Å². The molecule has 0 spiro atoms. The summed E-state index contributed by atoms with van der Waals surface area (Å²) in [5.74, 6) is -0.391. The van der Waals surface area contributed by atoms with Crippen molar-refractivity contribution in [3.8, 4) is 0 Å². The van der Waals surface area contributed by atoms with Crippen molar-refractivity contribution in [3.05, 3.63) is 11.7 Å². The minimum Gasteiger partial charge on any atom is -0.339 e. The monoisotopic (exact) mass is 265 g/mol. The van der Waals surface area contributed by atoms with E-state index in [1.165, 1.54) is 0 Å². The maximum atomic E-state index is 12.2. The minimum atomic E-state index is -4.55. The Hall–Kier alpha value is -1.11. The Morgan fingerprint density at radius 3 is 2.39 bits per heavy atom. The van der Waals surface area contributed by atoms with Gasteiger partial charge in [-0.2, -0.15) is 18.2 Å². The summed E-state index contributed by atoms with van der Waals surface area (Å²) in [5, 5.41) is 2.92. The number of aromatic nitrogens is 2. The molecule has 1 aromatic rings. The molecule has 7 heteroatoms. The molecule has 1 unspecified atom stereocenters. The Morgan fingerprint density at radius 1 is 1.28 bits per heavy atom. The zero-order valence-electron chi connectivity index (χ0n) is 10.5. The topological polar surface area (TPSA) is 64.9 Å². The molecule has 0 fully saturated rings. The Morgan fingerprint density at radius 2 is 1.94 bits per heavy atom. The summed E-state index contributed by atoms with van der Waals surface area (Å²) in [6, 6.07) is 0. The van der Waals surface area contributed by atoms with Crippen LogP contribution in [0.2, 0.25) is 0 Å². The zero-order valence-corrected chi connectivity index (χ0v) is 10.5. The highest BCUT2D eigenvalue weighted by Crippen LogP contribution is 2.27. The molecule has 1 aromatic heterocycles. The van der Waals surface area contributed by atoms with Gasteiger partial charge in [0.25, 0.3) is 5.82 Å². The maximum absolute atomic E-state index is 12.2. The third-order valence-corrected chi connectivity index (χ3v) is 2.93. The molecule has 0 aliphatic heterocycles. The average molecular weight is 265 g/mol. The molecule has 1 heterocycles. The van der Waals surface area contributed by atoms with E-state index in [0.717, 1.165) is 6.42 Å². The van der Waals surface area contributed by atoms with Gasteiger partial charge >= 0.3 is 6.18 Å². The molecule has 0 saturated heterocycles. The van der Waals surface area contributed by atoms with Gasteiger partial charge in [0.1, 0.15) is 0 Å². The fourth-order valence-corrected chi connectivity index (χ4v) is 1.81. The van der Waals surface area contributed by atoms with E-state index in [0.29, 0.717) is 31.2 Å². The van der Waals surface area contributed by atoms with Crippen LogP contribution in [0, 0.1) is 11.8 Å². The van der Waals surface area contributed by atoms with E-state index in [9.17, 15) is 13.2 Å². The number of nitrogens with zero attached hydrogens (tertiary/aromatic N) is 2. The summed E-state index contributed by atoms with van der Waals surface area (Å²) in [6.45, 7) is 4.70. The molecule has 0 radical (unpaired) electrons. The van der Waals surface area contributed by atoms with E-state index in [4.69, 9.17) is 5.73 Å². The quantitative estimate of drug-likeness (QED) is 0.858. The summed E-state index contributed by atoms with van der Waals surface area (Å²) in [4.78, 5) is 3.34. The van der Waals surface area contributed by atoms with Gasteiger partial charge in [0.15, 0.2) is 0 Å². The SMILES string of the molecule is CC(C)C(CCN)CCc1nc(C(F)(F)F)no1. The van der Waals surface area contributed by atoms with Crippen molar-refractivity contribution >= 4 is 0 Å². The van der Waals surface area contributed by atoms with Gasteiger partial charge in [-0.15, -0.1) is 0 Å². The summed E-state index contributed by atoms with van der Waals surface area (Å²) in [5.41, 5.74) is 5.50. The van der Waals surface area contributed by atoms with Gasteiger partial charge in [0.2, 0.25) is 5.89 Å². The molecule has 0 aliphatic carbocycles. The van der Waals surface area contributed by atoms with Crippen LogP contribution in [-0.2, 0) is 12.6 Å². The van der Waals surface area contributed by atoms with E-state index in [2.05, 4.69) is 28.5 Å². The molecule has 104 valence electrons. The second-order valence-corrected chi connectivity index (χ2v) is 4.63. The highest BCUT2D eigenvalue weighted by Gasteiger charge is 2.37. The van der Waals surface area contributed by atoms with Crippen LogP contribution in [-0.4, -0.2) is 16.7 Å². The number of hydrogen-bond acceptors (Lipinski definition) is 4. The van der Waals surface area contributed by atoms with Gasteiger partial charge in [0, 0.05) is 6.42 Å². The van der Waals surface area contributed by atoms with E-state index in [1.54, 1.807) is 0 Å². The predicted molar refractivity (Wildman–Crippen MR) is 59.6 cm³/mol. The molecule has 1 rings (SSSR count). The standard InChI is InChI=1S/C11H18F3N3O/c1-7(2)8(5-6-15)3-4-9-16-10(17-18-9)11(12,13)14/h7-8H,3-6,15H2,1-2H3. The zero-order chi connectivity index (χ0) is 13.8. The van der Waals surface area contributed by atoms with E-state index in [1.807, 2.05) is 0 Å². The number of hydrogen-bond donors (Lipinski definition) is 1. The number of rotatable bonds is 6. The minimum absolute atomic E-state index is 0.0324. The number of halogens is 3. The first-order valence-electron chi connectivity index (χ1n) is 5.94. The fraction of sp³-hybridized carbons (Fsp3) is 0.818. The molecule has 18 heavy (non-hydrogen) atoms. The number of alkyl halides is 3. The molecular weight excluding hydrogens is 247 g/mol. The van der Waals surface area contributed by atoms with E-state index in [-0.39, 0.29) is 5.89 Å².